The van der Waals surface area contributed by atoms with Gasteiger partial charge in [-0.05, 0) is 6.07 Å². The van der Waals surface area contributed by atoms with Crippen molar-refractivity contribution in [2.24, 2.45) is 0 Å². The molecule has 1 N–H and O–H groups in total. The first kappa shape index (κ1) is 28.2. The summed E-state index contributed by atoms with van der Waals surface area (Å²) in [7, 11) is -2.38. The van der Waals surface area contributed by atoms with Gasteiger partial charge >= 0.3 is 215 Å². The van der Waals surface area contributed by atoms with Gasteiger partial charge in [-0.25, -0.2) is 0 Å². The van der Waals surface area contributed by atoms with E-state index in [0.29, 0.717) is 23.5 Å². The average Bonchev–Trinajstić information content (AvgIpc) is 3.43. The summed E-state index contributed by atoms with van der Waals surface area (Å²) >= 11 is -1.58. The molecular weight excluding hydrogens is 561 g/mol. The summed E-state index contributed by atoms with van der Waals surface area (Å²) in [6.45, 7) is 0.142. The van der Waals surface area contributed by atoms with Crippen molar-refractivity contribution in [3.8, 4) is 0 Å². The summed E-state index contributed by atoms with van der Waals surface area (Å²) in [5, 5.41) is 5.96. The third-order valence-electron chi connectivity index (χ3n) is 7.67. The molecule has 1 aromatic heterocycles. The van der Waals surface area contributed by atoms with Gasteiger partial charge < -0.3 is 0 Å². The van der Waals surface area contributed by atoms with Gasteiger partial charge in [-0.2, -0.15) is 0 Å². The van der Waals surface area contributed by atoms with Crippen molar-refractivity contribution in [3.63, 3.8) is 0 Å². The first-order valence-corrected chi connectivity index (χ1v) is 17.4. The van der Waals surface area contributed by atoms with Crippen LogP contribution in [0.4, 0.5) is 0 Å². The molecule has 6 rings (SSSR count). The van der Waals surface area contributed by atoms with Gasteiger partial charge in [0.15, 0.2) is 0 Å². The van der Waals surface area contributed by atoms with E-state index >= 15 is 0 Å². The van der Waals surface area contributed by atoms with Crippen molar-refractivity contribution in [2.45, 2.75) is 11.3 Å². The van der Waals surface area contributed by atoms with Gasteiger partial charge in [0.1, 0.15) is 5.58 Å². The second-order valence-electron chi connectivity index (χ2n) is 10.2. The molecule has 42 heavy (non-hydrogen) atoms. The fraction of sp³-hybridized carbons (Fsp3) is 0.114. The van der Waals surface area contributed by atoms with E-state index in [-0.39, 0.29) is 6.54 Å². The average molecular weight is 594 g/mol. The summed E-state index contributed by atoms with van der Waals surface area (Å²) in [5.41, 5.74) is 1.44. The number of para-hydroxylation sites is 1. The Labute approximate surface area is 249 Å². The minimum atomic E-state index is -2.38. The van der Waals surface area contributed by atoms with Gasteiger partial charge in [0.05, 0.1) is 0 Å². The van der Waals surface area contributed by atoms with E-state index in [1.54, 1.807) is 12.1 Å². The Hall–Kier alpha value is -3.93. The second kappa shape index (κ2) is 12.9. The van der Waals surface area contributed by atoms with Crippen LogP contribution in [0.1, 0.15) is 6.42 Å². The molecule has 1 unspecified atom stereocenters. The van der Waals surface area contributed by atoms with Crippen molar-refractivity contribution in [1.29, 1.82) is 0 Å². The number of fused-ring (bicyclic) bond motifs is 3. The molecule has 0 aliphatic rings. The molecule has 0 bridgehead atoms. The van der Waals surface area contributed by atoms with Crippen molar-refractivity contribution in [1.82, 2.24) is 4.72 Å². The standard InChI is InChI=1S/C35H32NO4PS/c37-35(26-36-42(38)30-21-22-32-31-19-10-11-20-33(31)40-34(32)25-30)39-23-12-24-41(27-13-4-1-5-14-27,28-15-6-2-7-16-28)29-17-8-3-9-18-29/h1-11,13-22,25,36,41H,12,23-24,26H2. The van der Waals surface area contributed by atoms with Crippen LogP contribution >= 0.6 is 7.26 Å². The van der Waals surface area contributed by atoms with E-state index < -0.39 is 24.6 Å². The number of nitrogens with one attached hydrogen (secondary N) is 1. The molecule has 0 aliphatic heterocycles. The summed E-state index contributed by atoms with van der Waals surface area (Å²) in [5.74, 6) is -0.431. The Bertz CT molecular complexity index is 1680. The number of carbonyl (C=O) groups excluding carboxylic acids is 1. The Morgan fingerprint density at radius 3 is 1.88 bits per heavy atom. The molecule has 7 heteroatoms. The second-order valence-corrected chi connectivity index (χ2v) is 15.5. The third kappa shape index (κ3) is 5.85. The predicted octanol–water partition coefficient (Wildman–Crippen LogP) is 5.86. The molecule has 212 valence electrons. The molecule has 0 saturated carbocycles. The number of ether oxygens (including phenoxy) is 1. The zero-order valence-electron chi connectivity index (χ0n) is 23.1. The Kier molecular flexibility index (Phi) is 8.68. The van der Waals surface area contributed by atoms with Crippen molar-refractivity contribution in [3.05, 3.63) is 133 Å². The minimum absolute atomic E-state index is 0.149. The monoisotopic (exact) mass is 593 g/mol. The van der Waals surface area contributed by atoms with Gasteiger partial charge in [0.25, 0.3) is 0 Å². The maximum atomic E-state index is 12.9. The van der Waals surface area contributed by atoms with Gasteiger partial charge in [0, 0.05) is 5.39 Å². The van der Waals surface area contributed by atoms with Gasteiger partial charge in [-0.15, -0.1) is 0 Å². The Morgan fingerprint density at radius 1 is 0.714 bits per heavy atom. The fourth-order valence-corrected chi connectivity index (χ4v) is 11.4. The quantitative estimate of drug-likeness (QED) is 0.0882. The molecular formula is C35H32NO4PS. The van der Waals surface area contributed by atoms with Crippen LogP contribution in [-0.4, -0.2) is 29.8 Å². The Balaban J connectivity index is 1.10. The summed E-state index contributed by atoms with van der Waals surface area (Å²) in [6.07, 6.45) is 1.59. The molecule has 0 amide bonds. The predicted molar refractivity (Wildman–Crippen MR) is 175 cm³/mol. The normalized spacial score (nSPS) is 12.8. The van der Waals surface area contributed by atoms with E-state index in [2.05, 4.69) is 77.5 Å². The van der Waals surface area contributed by atoms with Crippen LogP contribution < -0.4 is 20.6 Å². The SMILES string of the molecule is O=C(CN[S+]([O-])c1ccc2c(c1)oc1ccccc12)OCCC[PH](c1ccccc1)(c1ccccc1)c1ccccc1. The molecule has 0 radical (unpaired) electrons. The zero-order chi connectivity index (χ0) is 28.8. The fourth-order valence-electron chi connectivity index (χ4n) is 5.70. The van der Waals surface area contributed by atoms with Crippen LogP contribution in [0, 0.1) is 0 Å². The Morgan fingerprint density at radius 2 is 1.26 bits per heavy atom. The van der Waals surface area contributed by atoms with Crippen LogP contribution in [0.5, 0.6) is 0 Å². The van der Waals surface area contributed by atoms with Crippen LogP contribution in [0.15, 0.2) is 143 Å². The van der Waals surface area contributed by atoms with E-state index in [4.69, 9.17) is 9.15 Å². The molecule has 0 aliphatic carbocycles. The zero-order valence-corrected chi connectivity index (χ0v) is 24.9. The number of hydrogen-bond donors (Lipinski definition) is 1. The summed E-state index contributed by atoms with van der Waals surface area (Å²) < 4.78 is 27.2. The van der Waals surface area contributed by atoms with Crippen LogP contribution in [0.25, 0.3) is 21.9 Å². The number of furan rings is 1. The molecule has 1 heterocycles. The molecule has 0 saturated heterocycles. The topological polar surface area (TPSA) is 74.5 Å². The number of benzene rings is 5. The van der Waals surface area contributed by atoms with Crippen LogP contribution in [-0.2, 0) is 20.9 Å². The number of carbonyl (C=O) groups is 1. The molecule has 0 spiro atoms. The third-order valence-corrected chi connectivity index (χ3v) is 13.8. The molecule has 5 nitrogen and oxygen atoms in total. The van der Waals surface area contributed by atoms with Crippen LogP contribution in [0.3, 0.4) is 0 Å². The van der Waals surface area contributed by atoms with Crippen molar-refractivity contribution < 1.29 is 18.5 Å². The molecule has 1 atom stereocenters. The number of hydrogen-bond acceptors (Lipinski definition) is 5. The molecule has 5 aromatic carbocycles. The van der Waals surface area contributed by atoms with Crippen LogP contribution in [0.2, 0.25) is 0 Å². The summed E-state index contributed by atoms with van der Waals surface area (Å²) in [6, 6.07) is 45.3. The molecule has 0 fully saturated rings. The van der Waals surface area contributed by atoms with E-state index in [9.17, 15) is 9.35 Å². The number of esters is 1. The maximum absolute atomic E-state index is 12.9. The first-order chi connectivity index (χ1) is 20.6. The summed E-state index contributed by atoms with van der Waals surface area (Å²) in [4.78, 5) is 13.2. The van der Waals surface area contributed by atoms with E-state index in [1.807, 2.05) is 48.5 Å². The van der Waals surface area contributed by atoms with E-state index in [0.717, 1.165) is 22.5 Å². The van der Waals surface area contributed by atoms with Crippen molar-refractivity contribution >= 4 is 62.4 Å². The molecule has 6 aromatic rings. The van der Waals surface area contributed by atoms with Gasteiger partial charge in [0.2, 0.25) is 0 Å². The van der Waals surface area contributed by atoms with Gasteiger partial charge in [-0.1, -0.05) is 18.2 Å². The van der Waals surface area contributed by atoms with E-state index in [1.165, 1.54) is 15.9 Å². The number of rotatable bonds is 11. The van der Waals surface area contributed by atoms with Crippen molar-refractivity contribution in [2.75, 3.05) is 19.3 Å². The van der Waals surface area contributed by atoms with Gasteiger partial charge in [-0.3, -0.25) is 0 Å². The first-order valence-electron chi connectivity index (χ1n) is 14.0.